The third kappa shape index (κ3) is 5.16. The molecule has 0 bridgehead atoms. The van der Waals surface area contributed by atoms with Gasteiger partial charge in [0.2, 0.25) is 5.91 Å². The van der Waals surface area contributed by atoms with Crippen LogP contribution < -0.4 is 0 Å². The van der Waals surface area contributed by atoms with E-state index in [4.69, 9.17) is 5.11 Å². The minimum Gasteiger partial charge on any atom is -0.478 e. The molecule has 0 spiro atoms. The third-order valence-corrected chi connectivity index (χ3v) is 4.66. The van der Waals surface area contributed by atoms with E-state index in [0.29, 0.717) is 19.4 Å². The van der Waals surface area contributed by atoms with E-state index in [9.17, 15) is 9.59 Å². The first-order chi connectivity index (χ1) is 11.5. The van der Waals surface area contributed by atoms with Crippen LogP contribution in [0.5, 0.6) is 0 Å². The van der Waals surface area contributed by atoms with Crippen molar-refractivity contribution in [2.75, 3.05) is 6.54 Å². The SMILES string of the molecule is CC(C)N(CCc1nccs1)C(=O)CCc1ccc(C(=O)O)cc1. The zero-order valence-electron chi connectivity index (χ0n) is 13.9. The van der Waals surface area contributed by atoms with Crippen LogP contribution in [0, 0.1) is 0 Å². The molecule has 1 heterocycles. The number of benzene rings is 1. The van der Waals surface area contributed by atoms with Gasteiger partial charge in [-0.05, 0) is 38.0 Å². The molecule has 0 atom stereocenters. The van der Waals surface area contributed by atoms with Crippen LogP contribution in [0.1, 0.15) is 41.2 Å². The Balaban J connectivity index is 1.88. The van der Waals surface area contributed by atoms with Crippen molar-refractivity contribution in [1.82, 2.24) is 9.88 Å². The second kappa shape index (κ2) is 8.59. The van der Waals surface area contributed by atoms with Gasteiger partial charge < -0.3 is 10.0 Å². The van der Waals surface area contributed by atoms with Gasteiger partial charge in [0, 0.05) is 37.0 Å². The first kappa shape index (κ1) is 18.1. The maximum absolute atomic E-state index is 12.5. The summed E-state index contributed by atoms with van der Waals surface area (Å²) in [5.74, 6) is -0.824. The number of carbonyl (C=O) groups excluding carboxylic acids is 1. The molecular formula is C18H22N2O3S. The molecule has 0 aliphatic heterocycles. The van der Waals surface area contributed by atoms with Crippen LogP contribution in [0.25, 0.3) is 0 Å². The molecule has 0 fully saturated rings. The molecule has 6 heteroatoms. The second-order valence-corrected chi connectivity index (χ2v) is 6.84. The van der Waals surface area contributed by atoms with E-state index >= 15 is 0 Å². The zero-order chi connectivity index (χ0) is 17.5. The molecule has 0 aliphatic rings. The van der Waals surface area contributed by atoms with Crippen molar-refractivity contribution in [2.45, 2.75) is 39.2 Å². The van der Waals surface area contributed by atoms with Crippen molar-refractivity contribution in [3.63, 3.8) is 0 Å². The van der Waals surface area contributed by atoms with Crippen LogP contribution in [0.3, 0.4) is 0 Å². The molecule has 2 rings (SSSR count). The number of aromatic nitrogens is 1. The molecule has 24 heavy (non-hydrogen) atoms. The Labute approximate surface area is 146 Å². The highest BCUT2D eigenvalue weighted by molar-refractivity contribution is 7.09. The molecule has 0 unspecified atom stereocenters. The lowest BCUT2D eigenvalue weighted by Crippen LogP contribution is -2.38. The van der Waals surface area contributed by atoms with Crippen LogP contribution in [-0.2, 0) is 17.6 Å². The summed E-state index contributed by atoms with van der Waals surface area (Å²) in [6.45, 7) is 4.70. The van der Waals surface area contributed by atoms with Crippen LogP contribution in [0.15, 0.2) is 35.8 Å². The molecule has 1 aromatic heterocycles. The average molecular weight is 346 g/mol. The molecule has 1 amide bonds. The highest BCUT2D eigenvalue weighted by Crippen LogP contribution is 2.12. The first-order valence-corrected chi connectivity index (χ1v) is 8.85. The first-order valence-electron chi connectivity index (χ1n) is 7.97. The lowest BCUT2D eigenvalue weighted by molar-refractivity contribution is -0.132. The molecule has 0 aliphatic carbocycles. The number of thiazole rings is 1. The van der Waals surface area contributed by atoms with Crippen LogP contribution >= 0.6 is 11.3 Å². The fraction of sp³-hybridized carbons (Fsp3) is 0.389. The van der Waals surface area contributed by atoms with Crippen LogP contribution in [0.4, 0.5) is 0 Å². The Morgan fingerprint density at radius 1 is 1.21 bits per heavy atom. The van der Waals surface area contributed by atoms with Crippen LogP contribution in [0.2, 0.25) is 0 Å². The predicted octanol–water partition coefficient (Wildman–Crippen LogP) is 3.25. The van der Waals surface area contributed by atoms with E-state index < -0.39 is 5.97 Å². The molecule has 2 aromatic rings. The minimum atomic E-state index is -0.939. The lowest BCUT2D eigenvalue weighted by Gasteiger charge is -2.26. The van der Waals surface area contributed by atoms with Gasteiger partial charge in [0.05, 0.1) is 10.6 Å². The summed E-state index contributed by atoms with van der Waals surface area (Å²) in [4.78, 5) is 29.5. The topological polar surface area (TPSA) is 70.5 Å². The smallest absolute Gasteiger partial charge is 0.335 e. The van der Waals surface area contributed by atoms with Gasteiger partial charge in [-0.3, -0.25) is 4.79 Å². The van der Waals surface area contributed by atoms with Gasteiger partial charge in [-0.15, -0.1) is 11.3 Å². The molecule has 0 saturated carbocycles. The van der Waals surface area contributed by atoms with Crippen molar-refractivity contribution < 1.29 is 14.7 Å². The highest BCUT2D eigenvalue weighted by atomic mass is 32.1. The fourth-order valence-electron chi connectivity index (χ4n) is 2.47. The van der Waals surface area contributed by atoms with E-state index in [0.717, 1.165) is 17.0 Å². The van der Waals surface area contributed by atoms with E-state index in [1.54, 1.807) is 41.8 Å². The van der Waals surface area contributed by atoms with E-state index in [1.165, 1.54) is 0 Å². The number of carbonyl (C=O) groups is 2. The van der Waals surface area contributed by atoms with Crippen molar-refractivity contribution in [3.05, 3.63) is 52.0 Å². The standard InChI is InChI=1S/C18H22N2O3S/c1-13(2)20(11-9-16-19-10-12-24-16)17(21)8-5-14-3-6-15(7-4-14)18(22)23/h3-4,6-7,10,12-13H,5,8-9,11H2,1-2H3,(H,22,23). The van der Waals surface area contributed by atoms with Gasteiger partial charge in [0.1, 0.15) is 0 Å². The number of hydrogen-bond acceptors (Lipinski definition) is 4. The highest BCUT2D eigenvalue weighted by Gasteiger charge is 2.17. The molecule has 0 saturated heterocycles. The summed E-state index contributed by atoms with van der Waals surface area (Å²) >= 11 is 1.61. The van der Waals surface area contributed by atoms with Crippen molar-refractivity contribution in [2.24, 2.45) is 0 Å². The summed E-state index contributed by atoms with van der Waals surface area (Å²) in [6.07, 6.45) is 3.58. The van der Waals surface area contributed by atoms with Crippen molar-refractivity contribution >= 4 is 23.2 Å². The predicted molar refractivity (Wildman–Crippen MR) is 94.4 cm³/mol. The number of nitrogens with zero attached hydrogens (tertiary/aromatic N) is 2. The molecule has 1 N–H and O–H groups in total. The Kier molecular flexibility index (Phi) is 6.49. The summed E-state index contributed by atoms with van der Waals surface area (Å²) in [6, 6.07) is 6.83. The normalized spacial score (nSPS) is 10.8. The van der Waals surface area contributed by atoms with E-state index in [2.05, 4.69) is 4.98 Å². The number of rotatable bonds is 8. The van der Waals surface area contributed by atoms with Gasteiger partial charge in [-0.1, -0.05) is 12.1 Å². The maximum Gasteiger partial charge on any atom is 0.335 e. The third-order valence-electron chi connectivity index (χ3n) is 3.82. The minimum absolute atomic E-state index is 0.115. The van der Waals surface area contributed by atoms with Crippen molar-refractivity contribution in [1.29, 1.82) is 0 Å². The molecule has 0 radical (unpaired) electrons. The largest absolute Gasteiger partial charge is 0.478 e. The monoisotopic (exact) mass is 346 g/mol. The fourth-order valence-corrected chi connectivity index (χ4v) is 3.08. The second-order valence-electron chi connectivity index (χ2n) is 5.86. The summed E-state index contributed by atoms with van der Waals surface area (Å²) in [5.41, 5.74) is 1.23. The van der Waals surface area contributed by atoms with Gasteiger partial charge >= 0.3 is 5.97 Å². The summed E-state index contributed by atoms with van der Waals surface area (Å²) in [7, 11) is 0. The van der Waals surface area contributed by atoms with E-state index in [-0.39, 0.29) is 17.5 Å². The Hall–Kier alpha value is -2.21. The van der Waals surface area contributed by atoms with E-state index in [1.807, 2.05) is 24.1 Å². The maximum atomic E-state index is 12.5. The number of amides is 1. The zero-order valence-corrected chi connectivity index (χ0v) is 14.8. The number of aromatic carboxylic acids is 1. The Morgan fingerprint density at radius 3 is 2.46 bits per heavy atom. The molecule has 128 valence electrons. The molecule has 1 aromatic carbocycles. The summed E-state index contributed by atoms with van der Waals surface area (Å²) in [5, 5.41) is 11.9. The van der Waals surface area contributed by atoms with Gasteiger partial charge in [-0.2, -0.15) is 0 Å². The number of carboxylic acids is 1. The lowest BCUT2D eigenvalue weighted by atomic mass is 10.1. The summed E-state index contributed by atoms with van der Waals surface area (Å²) < 4.78 is 0. The van der Waals surface area contributed by atoms with Crippen LogP contribution in [-0.4, -0.2) is 39.5 Å². The van der Waals surface area contributed by atoms with Gasteiger partial charge in [0.25, 0.3) is 0 Å². The average Bonchev–Trinajstić information content (AvgIpc) is 3.06. The molecular weight excluding hydrogens is 324 g/mol. The van der Waals surface area contributed by atoms with Crippen molar-refractivity contribution in [3.8, 4) is 0 Å². The quantitative estimate of drug-likeness (QED) is 0.796. The number of carboxylic acid groups (broad SMARTS) is 1. The molecule has 5 nitrogen and oxygen atoms in total. The van der Waals surface area contributed by atoms with Gasteiger partial charge in [-0.25, -0.2) is 9.78 Å². The number of hydrogen-bond donors (Lipinski definition) is 1. The Morgan fingerprint density at radius 2 is 1.92 bits per heavy atom. The number of aryl methyl sites for hydroxylation is 1. The van der Waals surface area contributed by atoms with Gasteiger partial charge in [0.15, 0.2) is 0 Å². The Bertz CT molecular complexity index is 666.